The molecule has 0 radical (unpaired) electrons. The number of amides is 1. The number of Topliss-reactive ketones (excluding diaryl/α,β-unsaturated/α-hetero) is 1. The smallest absolute Gasteiger partial charge is 0.261 e. The van der Waals surface area contributed by atoms with Gasteiger partial charge in [0.1, 0.15) is 0 Å². The van der Waals surface area contributed by atoms with Gasteiger partial charge in [-0.3, -0.25) is 14.3 Å². The highest BCUT2D eigenvalue weighted by Gasteiger charge is 2.33. The van der Waals surface area contributed by atoms with E-state index < -0.39 is 32.5 Å². The second-order valence-electron chi connectivity index (χ2n) is 11.3. The van der Waals surface area contributed by atoms with Gasteiger partial charge in [-0.15, -0.1) is 11.6 Å². The van der Waals surface area contributed by atoms with Crippen molar-refractivity contribution in [3.8, 4) is 0 Å². The van der Waals surface area contributed by atoms with E-state index >= 15 is 0 Å². The Kier molecular flexibility index (Phi) is 14.0. The highest BCUT2D eigenvalue weighted by Crippen LogP contribution is 2.28. The molecule has 1 unspecified atom stereocenters. The van der Waals surface area contributed by atoms with Crippen molar-refractivity contribution in [2.45, 2.75) is 109 Å². The SMILES string of the molecule is CCCCCCCCCCCCc1ccc(S(=O)(=O)Nc2ccc(Cl)c(NC(=O)C(Cl)C(=O)C(C)(C)C)c2)cc1. The lowest BCUT2D eigenvalue weighted by molar-refractivity contribution is -0.130. The third-order valence-corrected chi connectivity index (χ3v) is 8.85. The number of rotatable bonds is 17. The fourth-order valence-electron chi connectivity index (χ4n) is 4.25. The maximum absolute atomic E-state index is 13.0. The van der Waals surface area contributed by atoms with Crippen molar-refractivity contribution in [1.82, 2.24) is 0 Å². The van der Waals surface area contributed by atoms with Crippen molar-refractivity contribution < 1.29 is 18.0 Å². The van der Waals surface area contributed by atoms with Crippen molar-refractivity contribution in [1.29, 1.82) is 0 Å². The summed E-state index contributed by atoms with van der Waals surface area (Å²) in [5, 5.41) is 1.30. The van der Waals surface area contributed by atoms with Crippen molar-refractivity contribution in [2.75, 3.05) is 10.0 Å². The number of sulfonamides is 1. The number of hydrogen-bond donors (Lipinski definition) is 2. The lowest BCUT2D eigenvalue weighted by Gasteiger charge is -2.20. The van der Waals surface area contributed by atoms with E-state index in [0.717, 1.165) is 18.4 Å². The number of alkyl halides is 1. The van der Waals surface area contributed by atoms with Gasteiger partial charge in [-0.1, -0.05) is 109 Å². The molecular formula is C31H44Cl2N2O4S. The van der Waals surface area contributed by atoms with E-state index in [1.54, 1.807) is 32.9 Å². The van der Waals surface area contributed by atoms with Gasteiger partial charge in [0.15, 0.2) is 11.2 Å². The van der Waals surface area contributed by atoms with Gasteiger partial charge in [0.2, 0.25) is 5.91 Å². The molecule has 2 aromatic carbocycles. The van der Waals surface area contributed by atoms with Crippen molar-refractivity contribution >= 4 is 56.3 Å². The number of carbonyl (C=O) groups is 2. The average Bonchev–Trinajstić information content (AvgIpc) is 2.90. The Bertz CT molecular complexity index is 1210. The summed E-state index contributed by atoms with van der Waals surface area (Å²) in [6, 6.07) is 11.2. The Morgan fingerprint density at radius 3 is 1.95 bits per heavy atom. The lowest BCUT2D eigenvalue weighted by Crippen LogP contribution is -2.37. The van der Waals surface area contributed by atoms with Crippen molar-refractivity contribution in [3.63, 3.8) is 0 Å². The second-order valence-corrected chi connectivity index (χ2v) is 13.9. The van der Waals surface area contributed by atoms with Crippen LogP contribution in [0.25, 0.3) is 0 Å². The molecule has 0 heterocycles. The highest BCUT2D eigenvalue weighted by atomic mass is 35.5. The first-order valence-electron chi connectivity index (χ1n) is 14.3. The Morgan fingerprint density at radius 2 is 1.40 bits per heavy atom. The molecule has 40 heavy (non-hydrogen) atoms. The fourth-order valence-corrected chi connectivity index (χ4v) is 5.84. The van der Waals surface area contributed by atoms with E-state index in [-0.39, 0.29) is 21.3 Å². The minimum absolute atomic E-state index is 0.136. The number of nitrogens with one attached hydrogen (secondary N) is 2. The zero-order valence-corrected chi connectivity index (χ0v) is 26.5. The number of unbranched alkanes of at least 4 members (excludes halogenated alkanes) is 9. The normalized spacial score (nSPS) is 12.7. The minimum Gasteiger partial charge on any atom is -0.323 e. The molecule has 0 spiro atoms. The van der Waals surface area contributed by atoms with Crippen molar-refractivity contribution in [2.24, 2.45) is 5.41 Å². The molecule has 0 aliphatic heterocycles. The first-order valence-corrected chi connectivity index (χ1v) is 16.6. The third-order valence-electron chi connectivity index (χ3n) is 6.73. The van der Waals surface area contributed by atoms with Gasteiger partial charge in [-0.05, 0) is 48.7 Å². The number of aryl methyl sites for hydroxylation is 1. The van der Waals surface area contributed by atoms with Crippen molar-refractivity contribution in [3.05, 3.63) is 53.1 Å². The van der Waals surface area contributed by atoms with E-state index in [9.17, 15) is 18.0 Å². The van der Waals surface area contributed by atoms with Crippen LogP contribution >= 0.6 is 23.2 Å². The fraction of sp³-hybridized carbons (Fsp3) is 0.548. The van der Waals surface area contributed by atoms with Gasteiger partial charge in [0.05, 0.1) is 21.3 Å². The van der Waals surface area contributed by atoms with Crippen LogP contribution in [0, 0.1) is 5.41 Å². The van der Waals surface area contributed by atoms with E-state index in [0.29, 0.717) is 0 Å². The molecule has 2 aromatic rings. The number of carbonyl (C=O) groups excluding carboxylic acids is 2. The molecule has 2 N–H and O–H groups in total. The molecule has 0 bridgehead atoms. The Balaban J connectivity index is 1.89. The van der Waals surface area contributed by atoms with Crippen LogP contribution in [-0.2, 0) is 26.0 Å². The highest BCUT2D eigenvalue weighted by molar-refractivity contribution is 7.92. The predicted molar refractivity (Wildman–Crippen MR) is 167 cm³/mol. The average molecular weight is 612 g/mol. The summed E-state index contributed by atoms with van der Waals surface area (Å²) >= 11 is 12.3. The summed E-state index contributed by atoms with van der Waals surface area (Å²) in [4.78, 5) is 25.0. The molecule has 0 fully saturated rings. The Morgan fingerprint density at radius 1 is 0.850 bits per heavy atom. The van der Waals surface area contributed by atoms with E-state index in [4.69, 9.17) is 23.2 Å². The standard InChI is InChI=1S/C31H44Cl2N2O4S/c1-5-6-7-8-9-10-11-12-13-14-15-23-16-19-25(20-17-23)40(38,39)35-24-18-21-26(32)27(22-24)34-30(37)28(33)29(36)31(2,3)4/h16-22,28,35H,5-15H2,1-4H3,(H,34,37). The molecule has 0 aliphatic rings. The van der Waals surface area contributed by atoms with E-state index in [2.05, 4.69) is 17.0 Å². The number of hydrogen-bond acceptors (Lipinski definition) is 4. The van der Waals surface area contributed by atoms with E-state index in [1.165, 1.54) is 76.0 Å². The quantitative estimate of drug-likeness (QED) is 0.106. The van der Waals surface area contributed by atoms with Crippen LogP contribution in [0.5, 0.6) is 0 Å². The van der Waals surface area contributed by atoms with E-state index in [1.807, 2.05) is 12.1 Å². The first kappa shape index (κ1) is 34.1. The zero-order chi connectivity index (χ0) is 29.8. The van der Waals surface area contributed by atoms with Crippen LogP contribution in [0.2, 0.25) is 5.02 Å². The third kappa shape index (κ3) is 11.4. The number of ketones is 1. The lowest BCUT2D eigenvalue weighted by atomic mass is 9.88. The summed E-state index contributed by atoms with van der Waals surface area (Å²) in [7, 11) is -3.87. The summed E-state index contributed by atoms with van der Waals surface area (Å²) in [6.07, 6.45) is 13.7. The molecular weight excluding hydrogens is 567 g/mol. The topological polar surface area (TPSA) is 92.3 Å². The van der Waals surface area contributed by atoms with Gasteiger partial charge < -0.3 is 5.32 Å². The van der Waals surface area contributed by atoms with Crippen LogP contribution in [0.4, 0.5) is 11.4 Å². The second kappa shape index (κ2) is 16.4. The molecule has 9 heteroatoms. The summed E-state index contributed by atoms with van der Waals surface area (Å²) in [5.74, 6) is -1.17. The molecule has 0 aromatic heterocycles. The van der Waals surface area contributed by atoms with Gasteiger partial charge in [0, 0.05) is 5.41 Å². The largest absolute Gasteiger partial charge is 0.323 e. The van der Waals surface area contributed by atoms with Crippen LogP contribution in [0.15, 0.2) is 47.4 Å². The summed E-state index contributed by atoms with van der Waals surface area (Å²) in [5.41, 5.74) is 0.664. The maximum Gasteiger partial charge on any atom is 0.261 e. The zero-order valence-electron chi connectivity index (χ0n) is 24.2. The monoisotopic (exact) mass is 610 g/mol. The number of halogens is 2. The molecule has 0 saturated heterocycles. The molecule has 6 nitrogen and oxygen atoms in total. The number of benzene rings is 2. The van der Waals surface area contributed by atoms with Gasteiger partial charge in [0.25, 0.3) is 10.0 Å². The Hall–Kier alpha value is -2.09. The maximum atomic E-state index is 13.0. The Labute approximate surface area is 250 Å². The predicted octanol–water partition coefficient (Wildman–Crippen LogP) is 8.77. The van der Waals surface area contributed by atoms with Gasteiger partial charge in [-0.25, -0.2) is 8.42 Å². The molecule has 0 aliphatic carbocycles. The first-order chi connectivity index (χ1) is 18.8. The van der Waals surface area contributed by atoms with Gasteiger partial charge in [-0.2, -0.15) is 0 Å². The summed E-state index contributed by atoms with van der Waals surface area (Å²) < 4.78 is 28.5. The van der Waals surface area contributed by atoms with Crippen LogP contribution in [0.3, 0.4) is 0 Å². The molecule has 222 valence electrons. The number of anilines is 2. The summed E-state index contributed by atoms with van der Waals surface area (Å²) in [6.45, 7) is 7.25. The van der Waals surface area contributed by atoms with Crippen LogP contribution in [0.1, 0.15) is 97.5 Å². The van der Waals surface area contributed by atoms with Crippen LogP contribution in [-0.4, -0.2) is 25.5 Å². The molecule has 1 amide bonds. The van der Waals surface area contributed by atoms with Gasteiger partial charge >= 0.3 is 0 Å². The molecule has 1 atom stereocenters. The molecule has 0 saturated carbocycles. The minimum atomic E-state index is -3.87. The molecule has 2 rings (SSSR count). The van der Waals surface area contributed by atoms with Crippen LogP contribution < -0.4 is 10.0 Å².